The topological polar surface area (TPSA) is 83.2 Å². The fraction of sp³-hybridized carbons (Fsp3) is 0.0417. The number of benzene rings is 2. The van der Waals surface area contributed by atoms with Crippen LogP contribution in [0.2, 0.25) is 0 Å². The minimum absolute atomic E-state index is 0.0187. The molecule has 2 aromatic heterocycles. The Kier molecular flexibility index (Phi) is 5.32. The van der Waals surface area contributed by atoms with Crippen LogP contribution in [0.25, 0.3) is 5.52 Å². The van der Waals surface area contributed by atoms with Gasteiger partial charge in [-0.05, 0) is 67.1 Å². The standard InChI is InChI=1S/C24H18FN3O3/c1-15-20(14-26-27-24(31)17-5-4-6-19(29)13-17)21-7-2-3-12-28(21)22(15)23(30)16-8-10-18(25)11-9-16/h2-14,29H,1H3,(H,27,31)/b26-14-. The van der Waals surface area contributed by atoms with E-state index < -0.39 is 11.7 Å². The summed E-state index contributed by atoms with van der Waals surface area (Å²) >= 11 is 0. The highest BCUT2D eigenvalue weighted by Crippen LogP contribution is 2.24. The van der Waals surface area contributed by atoms with Gasteiger partial charge in [0.1, 0.15) is 11.6 Å². The van der Waals surface area contributed by atoms with Gasteiger partial charge in [-0.3, -0.25) is 9.59 Å². The van der Waals surface area contributed by atoms with Crippen LogP contribution in [-0.4, -0.2) is 27.4 Å². The van der Waals surface area contributed by atoms with Gasteiger partial charge in [0.25, 0.3) is 5.91 Å². The number of aromatic hydroxyl groups is 1. The smallest absolute Gasteiger partial charge is 0.271 e. The first-order valence-corrected chi connectivity index (χ1v) is 9.48. The van der Waals surface area contributed by atoms with E-state index in [0.29, 0.717) is 22.4 Å². The summed E-state index contributed by atoms with van der Waals surface area (Å²) in [7, 11) is 0. The van der Waals surface area contributed by atoms with Crippen LogP contribution in [0.5, 0.6) is 5.75 Å². The van der Waals surface area contributed by atoms with Crippen LogP contribution in [0.3, 0.4) is 0 Å². The van der Waals surface area contributed by atoms with Crippen LogP contribution in [0, 0.1) is 12.7 Å². The molecule has 0 saturated carbocycles. The molecule has 0 aliphatic rings. The summed E-state index contributed by atoms with van der Waals surface area (Å²) < 4.78 is 15.0. The third kappa shape index (κ3) is 3.93. The first kappa shape index (κ1) is 20.0. The van der Waals surface area contributed by atoms with Crippen molar-refractivity contribution in [3.05, 3.63) is 107 Å². The second-order valence-electron chi connectivity index (χ2n) is 6.93. The Morgan fingerprint density at radius 1 is 1.03 bits per heavy atom. The van der Waals surface area contributed by atoms with Crippen molar-refractivity contribution < 1.29 is 19.1 Å². The van der Waals surface area contributed by atoms with Gasteiger partial charge >= 0.3 is 0 Å². The van der Waals surface area contributed by atoms with E-state index >= 15 is 0 Å². The van der Waals surface area contributed by atoms with Crippen molar-refractivity contribution in [3.8, 4) is 5.75 Å². The molecule has 6 nitrogen and oxygen atoms in total. The Labute approximate surface area is 177 Å². The maximum atomic E-state index is 13.3. The molecule has 0 fully saturated rings. The molecule has 0 aliphatic carbocycles. The van der Waals surface area contributed by atoms with E-state index in [-0.39, 0.29) is 17.1 Å². The monoisotopic (exact) mass is 415 g/mol. The molecule has 0 radical (unpaired) electrons. The molecule has 0 aliphatic heterocycles. The van der Waals surface area contributed by atoms with Gasteiger partial charge in [0, 0.05) is 22.9 Å². The first-order valence-electron chi connectivity index (χ1n) is 9.48. The number of hydrogen-bond donors (Lipinski definition) is 2. The predicted octanol–water partition coefficient (Wildman–Crippen LogP) is 4.09. The van der Waals surface area contributed by atoms with Gasteiger partial charge in [0.05, 0.1) is 17.4 Å². The Balaban J connectivity index is 1.68. The number of phenols is 1. The maximum Gasteiger partial charge on any atom is 0.271 e. The van der Waals surface area contributed by atoms with Crippen LogP contribution in [0.15, 0.2) is 78.0 Å². The van der Waals surface area contributed by atoms with Crippen molar-refractivity contribution in [2.24, 2.45) is 5.10 Å². The summed E-state index contributed by atoms with van der Waals surface area (Å²) in [5.41, 5.74) is 5.58. The lowest BCUT2D eigenvalue weighted by Crippen LogP contribution is -2.17. The molecule has 0 spiro atoms. The number of ketones is 1. The summed E-state index contributed by atoms with van der Waals surface area (Å²) in [5, 5.41) is 13.5. The van der Waals surface area contributed by atoms with E-state index in [1.165, 1.54) is 42.6 Å². The largest absolute Gasteiger partial charge is 0.508 e. The highest BCUT2D eigenvalue weighted by atomic mass is 19.1. The minimum atomic E-state index is -0.476. The number of aromatic nitrogens is 1. The predicted molar refractivity (Wildman–Crippen MR) is 115 cm³/mol. The van der Waals surface area contributed by atoms with Crippen molar-refractivity contribution in [2.75, 3.05) is 0 Å². The molecule has 154 valence electrons. The summed E-state index contributed by atoms with van der Waals surface area (Å²) in [6.45, 7) is 1.79. The average molecular weight is 415 g/mol. The highest BCUT2D eigenvalue weighted by Gasteiger charge is 2.21. The number of hydrogen-bond acceptors (Lipinski definition) is 4. The van der Waals surface area contributed by atoms with Gasteiger partial charge in [0.2, 0.25) is 5.78 Å². The Morgan fingerprint density at radius 2 is 1.81 bits per heavy atom. The van der Waals surface area contributed by atoms with Gasteiger partial charge in [-0.1, -0.05) is 12.1 Å². The lowest BCUT2D eigenvalue weighted by molar-refractivity contribution is 0.0954. The lowest BCUT2D eigenvalue weighted by Gasteiger charge is -2.04. The summed E-state index contributed by atoms with van der Waals surface area (Å²) in [6.07, 6.45) is 3.24. The molecule has 1 amide bonds. The Hall–Kier alpha value is -4.26. The molecule has 7 heteroatoms. The fourth-order valence-electron chi connectivity index (χ4n) is 3.41. The Bertz CT molecular complexity index is 1320. The highest BCUT2D eigenvalue weighted by molar-refractivity contribution is 6.12. The lowest BCUT2D eigenvalue weighted by atomic mass is 10.0. The second-order valence-corrected chi connectivity index (χ2v) is 6.93. The second kappa shape index (κ2) is 8.23. The van der Waals surface area contributed by atoms with Crippen LogP contribution >= 0.6 is 0 Å². The molecule has 2 N–H and O–H groups in total. The average Bonchev–Trinajstić information content (AvgIpc) is 3.05. The maximum absolute atomic E-state index is 13.3. The zero-order chi connectivity index (χ0) is 22.0. The van der Waals surface area contributed by atoms with Crippen LogP contribution < -0.4 is 5.43 Å². The van der Waals surface area contributed by atoms with Crippen molar-refractivity contribution in [1.82, 2.24) is 9.83 Å². The number of hydrazone groups is 1. The number of carbonyl (C=O) groups excluding carboxylic acids is 2. The number of halogens is 1. The number of fused-ring (bicyclic) bond motifs is 1. The molecular weight excluding hydrogens is 397 g/mol. The van der Waals surface area contributed by atoms with E-state index in [1.807, 2.05) is 12.1 Å². The summed E-state index contributed by atoms with van der Waals surface area (Å²) in [5.74, 6) is -1.16. The van der Waals surface area contributed by atoms with Crippen molar-refractivity contribution in [1.29, 1.82) is 0 Å². The number of nitrogens with one attached hydrogen (secondary N) is 1. The molecule has 0 bridgehead atoms. The van der Waals surface area contributed by atoms with E-state index in [2.05, 4.69) is 10.5 Å². The van der Waals surface area contributed by atoms with Crippen molar-refractivity contribution >= 4 is 23.4 Å². The Morgan fingerprint density at radius 3 is 2.55 bits per heavy atom. The van der Waals surface area contributed by atoms with E-state index in [9.17, 15) is 19.1 Å². The third-order valence-electron chi connectivity index (χ3n) is 4.93. The summed E-state index contributed by atoms with van der Waals surface area (Å²) in [4.78, 5) is 25.4. The molecule has 2 aromatic carbocycles. The quantitative estimate of drug-likeness (QED) is 0.293. The van der Waals surface area contributed by atoms with Crippen LogP contribution in [-0.2, 0) is 0 Å². The number of phenolic OH excluding ortho intramolecular Hbond substituents is 1. The molecule has 2 heterocycles. The zero-order valence-electron chi connectivity index (χ0n) is 16.5. The van der Waals surface area contributed by atoms with Crippen molar-refractivity contribution in [3.63, 3.8) is 0 Å². The molecular formula is C24H18FN3O3. The van der Waals surface area contributed by atoms with Gasteiger partial charge in [-0.15, -0.1) is 0 Å². The van der Waals surface area contributed by atoms with Crippen LogP contribution in [0.4, 0.5) is 4.39 Å². The van der Waals surface area contributed by atoms with Gasteiger partial charge in [0.15, 0.2) is 0 Å². The van der Waals surface area contributed by atoms with Crippen LogP contribution in [0.1, 0.15) is 37.5 Å². The third-order valence-corrected chi connectivity index (χ3v) is 4.93. The SMILES string of the molecule is Cc1c(/C=N\NC(=O)c2cccc(O)c2)c2ccccn2c1C(=O)c1ccc(F)cc1. The molecule has 0 saturated heterocycles. The molecule has 4 rings (SSSR count). The van der Waals surface area contributed by atoms with E-state index in [0.717, 1.165) is 5.52 Å². The van der Waals surface area contributed by atoms with Crippen molar-refractivity contribution in [2.45, 2.75) is 6.92 Å². The minimum Gasteiger partial charge on any atom is -0.508 e. The number of amides is 1. The van der Waals surface area contributed by atoms with E-state index in [4.69, 9.17) is 0 Å². The fourth-order valence-corrected chi connectivity index (χ4v) is 3.41. The van der Waals surface area contributed by atoms with Gasteiger partial charge in [-0.25, -0.2) is 9.82 Å². The first-order chi connectivity index (χ1) is 15.0. The zero-order valence-corrected chi connectivity index (χ0v) is 16.5. The van der Waals surface area contributed by atoms with Gasteiger partial charge in [-0.2, -0.15) is 5.10 Å². The molecule has 0 unspecified atom stereocenters. The summed E-state index contributed by atoms with van der Waals surface area (Å²) in [6, 6.07) is 16.8. The number of pyridine rings is 1. The van der Waals surface area contributed by atoms with Gasteiger partial charge < -0.3 is 9.51 Å². The molecule has 0 atom stereocenters. The number of carbonyl (C=O) groups is 2. The number of nitrogens with zero attached hydrogens (tertiary/aromatic N) is 2. The molecule has 31 heavy (non-hydrogen) atoms. The number of rotatable bonds is 5. The normalized spacial score (nSPS) is 11.2. The van der Waals surface area contributed by atoms with E-state index in [1.54, 1.807) is 35.7 Å². The molecule has 4 aromatic rings.